The summed E-state index contributed by atoms with van der Waals surface area (Å²) in [6.07, 6.45) is 1.91. The van der Waals surface area contributed by atoms with E-state index < -0.39 is 0 Å². The van der Waals surface area contributed by atoms with E-state index in [1.165, 1.54) is 7.11 Å². The number of methoxy groups -OCH3 is 1. The maximum absolute atomic E-state index is 11.6. The third-order valence-electron chi connectivity index (χ3n) is 2.82. The van der Waals surface area contributed by atoms with Gasteiger partial charge in [-0.1, -0.05) is 25.1 Å². The van der Waals surface area contributed by atoms with E-state index >= 15 is 0 Å². The number of carbonyl (C=O) groups is 1. The molecule has 1 atom stereocenters. The van der Waals surface area contributed by atoms with Crippen LogP contribution in [-0.4, -0.2) is 19.6 Å². The zero-order valence-electron chi connectivity index (χ0n) is 9.49. The summed E-state index contributed by atoms with van der Waals surface area (Å²) in [6, 6.07) is 7.94. The summed E-state index contributed by atoms with van der Waals surface area (Å²) in [5.74, 6) is -0.0918. The summed E-state index contributed by atoms with van der Waals surface area (Å²) in [5.41, 5.74) is 2.82. The molecule has 0 radical (unpaired) electrons. The van der Waals surface area contributed by atoms with Gasteiger partial charge in [-0.3, -0.25) is 0 Å². The lowest BCUT2D eigenvalue weighted by atomic mass is 10.00. The van der Waals surface area contributed by atoms with Crippen molar-refractivity contribution < 1.29 is 9.53 Å². The highest BCUT2D eigenvalue weighted by Crippen LogP contribution is 2.26. The lowest BCUT2D eigenvalue weighted by Crippen LogP contribution is -2.17. The van der Waals surface area contributed by atoms with Gasteiger partial charge in [0.2, 0.25) is 0 Å². The number of carbonyl (C=O) groups excluding carboxylic acids is 1. The Morgan fingerprint density at radius 3 is 2.94 bits per heavy atom. The number of rotatable bonds is 1. The Kier molecular flexibility index (Phi) is 2.95. The highest BCUT2D eigenvalue weighted by atomic mass is 16.5. The van der Waals surface area contributed by atoms with Gasteiger partial charge >= 0.3 is 5.97 Å². The second-order valence-electron chi connectivity index (χ2n) is 3.96. The smallest absolute Gasteiger partial charge is 0.334 e. The van der Waals surface area contributed by atoms with Crippen LogP contribution in [0.25, 0.3) is 6.08 Å². The summed E-state index contributed by atoms with van der Waals surface area (Å²) in [6.45, 7) is 2.76. The van der Waals surface area contributed by atoms with Crippen molar-refractivity contribution in [3.05, 3.63) is 35.4 Å². The second-order valence-corrected chi connectivity index (χ2v) is 3.96. The normalized spacial score (nSPS) is 18.9. The fourth-order valence-electron chi connectivity index (χ4n) is 1.84. The summed E-state index contributed by atoms with van der Waals surface area (Å²) in [4.78, 5) is 11.6. The Hall–Kier alpha value is -1.77. The molecule has 0 aliphatic carbocycles. The Morgan fingerprint density at radius 2 is 2.19 bits per heavy atom. The molecule has 0 amide bonds. The van der Waals surface area contributed by atoms with Crippen LogP contribution in [-0.2, 0) is 9.53 Å². The van der Waals surface area contributed by atoms with Crippen molar-refractivity contribution >= 4 is 17.7 Å². The largest absolute Gasteiger partial charge is 0.466 e. The first-order chi connectivity index (χ1) is 7.72. The van der Waals surface area contributed by atoms with Crippen LogP contribution in [0.5, 0.6) is 0 Å². The quantitative estimate of drug-likeness (QED) is 0.733. The van der Waals surface area contributed by atoms with E-state index in [-0.39, 0.29) is 11.9 Å². The molecule has 0 unspecified atom stereocenters. The first-order valence-corrected chi connectivity index (χ1v) is 5.35. The molecule has 0 fully saturated rings. The molecule has 1 N–H and O–H groups in total. The van der Waals surface area contributed by atoms with Crippen LogP contribution in [0.2, 0.25) is 0 Å². The van der Waals surface area contributed by atoms with Crippen molar-refractivity contribution in [1.82, 2.24) is 0 Å². The van der Waals surface area contributed by atoms with Gasteiger partial charge in [0.25, 0.3) is 0 Å². The van der Waals surface area contributed by atoms with E-state index in [2.05, 4.69) is 5.32 Å². The van der Waals surface area contributed by atoms with Crippen molar-refractivity contribution in [3.8, 4) is 0 Å². The number of fused-ring (bicyclic) bond motifs is 1. The van der Waals surface area contributed by atoms with Crippen LogP contribution in [0.4, 0.5) is 5.69 Å². The van der Waals surface area contributed by atoms with Crippen LogP contribution in [0.15, 0.2) is 29.8 Å². The van der Waals surface area contributed by atoms with Gasteiger partial charge in [0.05, 0.1) is 7.11 Å². The number of benzene rings is 1. The standard InChI is InChI=1S/C13H15NO2/c1-9-8-14-12-6-4-3-5-10(12)7-11(9)13(15)16-2/h3-7,9,14H,8H2,1-2H3/t9-/m1/s1. The molecular formula is C13H15NO2. The van der Waals surface area contributed by atoms with Gasteiger partial charge in [0.15, 0.2) is 0 Å². The van der Waals surface area contributed by atoms with Crippen molar-refractivity contribution in [2.75, 3.05) is 19.0 Å². The third kappa shape index (κ3) is 1.94. The lowest BCUT2D eigenvalue weighted by molar-refractivity contribution is -0.136. The van der Waals surface area contributed by atoms with E-state index in [4.69, 9.17) is 4.74 Å². The average Bonchev–Trinajstić information content (AvgIpc) is 2.48. The van der Waals surface area contributed by atoms with Crippen LogP contribution in [0, 0.1) is 5.92 Å². The van der Waals surface area contributed by atoms with Gasteiger partial charge in [0, 0.05) is 23.7 Å². The first-order valence-electron chi connectivity index (χ1n) is 5.35. The van der Waals surface area contributed by atoms with Gasteiger partial charge < -0.3 is 10.1 Å². The Labute approximate surface area is 95.1 Å². The Balaban J connectivity index is 2.44. The number of hydrogen-bond donors (Lipinski definition) is 1. The SMILES string of the molecule is COC(=O)C1=Cc2ccccc2NC[C@H]1C. The molecule has 0 saturated carbocycles. The molecule has 0 aromatic heterocycles. The first kappa shape index (κ1) is 10.7. The number of nitrogens with one attached hydrogen (secondary N) is 1. The Bertz CT molecular complexity index is 437. The maximum Gasteiger partial charge on any atom is 0.334 e. The summed E-state index contributed by atoms with van der Waals surface area (Å²) < 4.78 is 4.80. The molecule has 0 saturated heterocycles. The monoisotopic (exact) mass is 217 g/mol. The molecule has 1 aliphatic heterocycles. The van der Waals surface area contributed by atoms with E-state index in [0.717, 1.165) is 23.4 Å². The van der Waals surface area contributed by atoms with E-state index in [1.54, 1.807) is 0 Å². The highest BCUT2D eigenvalue weighted by molar-refractivity contribution is 5.95. The van der Waals surface area contributed by atoms with Crippen LogP contribution in [0.3, 0.4) is 0 Å². The van der Waals surface area contributed by atoms with Crippen molar-refractivity contribution in [3.63, 3.8) is 0 Å². The molecule has 1 aromatic carbocycles. The number of ether oxygens (including phenoxy) is 1. The molecule has 1 aliphatic rings. The molecule has 1 aromatic rings. The topological polar surface area (TPSA) is 38.3 Å². The van der Waals surface area contributed by atoms with Crippen molar-refractivity contribution in [1.29, 1.82) is 0 Å². The van der Waals surface area contributed by atoms with Gasteiger partial charge in [-0.05, 0) is 17.7 Å². The molecule has 16 heavy (non-hydrogen) atoms. The van der Waals surface area contributed by atoms with Crippen molar-refractivity contribution in [2.24, 2.45) is 5.92 Å². The minimum atomic E-state index is -0.244. The maximum atomic E-state index is 11.6. The van der Waals surface area contributed by atoms with Crippen molar-refractivity contribution in [2.45, 2.75) is 6.92 Å². The summed E-state index contributed by atoms with van der Waals surface area (Å²) in [7, 11) is 1.42. The predicted molar refractivity (Wildman–Crippen MR) is 64.1 cm³/mol. The van der Waals surface area contributed by atoms with E-state index in [9.17, 15) is 4.79 Å². The summed E-state index contributed by atoms with van der Waals surface area (Å²) >= 11 is 0. The average molecular weight is 217 g/mol. The number of para-hydroxylation sites is 1. The highest BCUT2D eigenvalue weighted by Gasteiger charge is 2.20. The van der Waals surface area contributed by atoms with Crippen LogP contribution < -0.4 is 5.32 Å². The van der Waals surface area contributed by atoms with Crippen LogP contribution in [0.1, 0.15) is 12.5 Å². The Morgan fingerprint density at radius 1 is 1.44 bits per heavy atom. The molecule has 0 spiro atoms. The van der Waals surface area contributed by atoms with E-state index in [0.29, 0.717) is 0 Å². The third-order valence-corrected chi connectivity index (χ3v) is 2.82. The van der Waals surface area contributed by atoms with Gasteiger partial charge in [-0.25, -0.2) is 4.79 Å². The molecule has 3 heteroatoms. The molecule has 2 rings (SSSR count). The van der Waals surface area contributed by atoms with Gasteiger partial charge in [-0.15, -0.1) is 0 Å². The van der Waals surface area contributed by atoms with Gasteiger partial charge in [-0.2, -0.15) is 0 Å². The second kappa shape index (κ2) is 4.39. The van der Waals surface area contributed by atoms with Gasteiger partial charge in [0.1, 0.15) is 0 Å². The molecule has 84 valence electrons. The number of esters is 1. The fourth-order valence-corrected chi connectivity index (χ4v) is 1.84. The number of hydrogen-bond acceptors (Lipinski definition) is 3. The molecule has 1 heterocycles. The molecule has 3 nitrogen and oxygen atoms in total. The minimum absolute atomic E-state index is 0.153. The number of anilines is 1. The predicted octanol–water partition coefficient (Wildman–Crippen LogP) is 2.30. The summed E-state index contributed by atoms with van der Waals surface area (Å²) in [5, 5.41) is 3.32. The zero-order valence-corrected chi connectivity index (χ0v) is 9.49. The molecule has 0 bridgehead atoms. The van der Waals surface area contributed by atoms with E-state index in [1.807, 2.05) is 37.3 Å². The fraction of sp³-hybridized carbons (Fsp3) is 0.308. The lowest BCUT2D eigenvalue weighted by Gasteiger charge is -2.12. The minimum Gasteiger partial charge on any atom is -0.466 e. The molecular weight excluding hydrogens is 202 g/mol. The zero-order chi connectivity index (χ0) is 11.5. The van der Waals surface area contributed by atoms with Crippen LogP contribution >= 0.6 is 0 Å².